The van der Waals surface area contributed by atoms with E-state index in [1.807, 2.05) is 6.92 Å². The van der Waals surface area contributed by atoms with E-state index in [-0.39, 0.29) is 5.75 Å². The predicted molar refractivity (Wildman–Crippen MR) is 99.3 cm³/mol. The zero-order valence-electron chi connectivity index (χ0n) is 14.5. The Balaban J connectivity index is 1.63. The number of hydrogen-bond donors (Lipinski definition) is 1. The van der Waals surface area contributed by atoms with E-state index in [1.165, 1.54) is 32.4 Å². The molecule has 0 bridgehead atoms. The van der Waals surface area contributed by atoms with Crippen molar-refractivity contribution in [2.75, 3.05) is 26.2 Å². The van der Waals surface area contributed by atoms with Crippen molar-refractivity contribution in [1.29, 1.82) is 0 Å². The molecule has 134 valence electrons. The van der Waals surface area contributed by atoms with Gasteiger partial charge in [0.15, 0.2) is 5.82 Å². The van der Waals surface area contributed by atoms with E-state index < -0.39 is 0 Å². The Morgan fingerprint density at radius 1 is 1.12 bits per heavy atom. The molecule has 1 aromatic heterocycles. The van der Waals surface area contributed by atoms with Crippen molar-refractivity contribution in [3.05, 3.63) is 35.0 Å². The smallest absolute Gasteiger partial charge is 0.236 e. The second-order valence-electron chi connectivity index (χ2n) is 6.40. The van der Waals surface area contributed by atoms with Gasteiger partial charge in [-0.15, -0.1) is 0 Å². The second kappa shape index (κ2) is 8.50. The van der Waals surface area contributed by atoms with Gasteiger partial charge in [0.25, 0.3) is 0 Å². The fraction of sp³-hybridized carbons (Fsp3) is 0.474. The highest BCUT2D eigenvalue weighted by molar-refractivity contribution is 6.32. The Labute approximate surface area is 153 Å². The van der Waals surface area contributed by atoms with Crippen LogP contribution in [0.1, 0.15) is 31.4 Å². The van der Waals surface area contributed by atoms with Crippen molar-refractivity contribution >= 4 is 11.6 Å². The number of benzene rings is 1. The molecule has 25 heavy (non-hydrogen) atoms. The number of ether oxygens (including phenoxy) is 1. The van der Waals surface area contributed by atoms with Crippen LogP contribution in [0.2, 0.25) is 5.02 Å². The van der Waals surface area contributed by atoms with Crippen LogP contribution in [0.3, 0.4) is 0 Å². The first kappa shape index (κ1) is 18.0. The quantitative estimate of drug-likeness (QED) is 0.786. The molecule has 0 spiro atoms. The van der Waals surface area contributed by atoms with Gasteiger partial charge in [-0.3, -0.25) is 0 Å². The summed E-state index contributed by atoms with van der Waals surface area (Å²) in [6.45, 7) is 5.86. The molecule has 2 heterocycles. The number of phenolic OH excluding ortho intramolecular Hbond substituents is 1. The zero-order valence-corrected chi connectivity index (χ0v) is 15.3. The van der Waals surface area contributed by atoms with Crippen LogP contribution < -0.4 is 4.74 Å². The number of halogens is 1. The summed E-state index contributed by atoms with van der Waals surface area (Å²) in [5, 5.41) is 9.88. The third-order valence-electron chi connectivity index (χ3n) is 4.42. The Morgan fingerprint density at radius 3 is 2.56 bits per heavy atom. The van der Waals surface area contributed by atoms with E-state index in [0.29, 0.717) is 29.0 Å². The highest BCUT2D eigenvalue weighted by Gasteiger charge is 2.13. The van der Waals surface area contributed by atoms with Crippen LogP contribution in [0.25, 0.3) is 11.4 Å². The number of aromatic hydroxyl groups is 1. The van der Waals surface area contributed by atoms with Crippen LogP contribution in [-0.2, 0) is 0 Å². The molecule has 6 heteroatoms. The van der Waals surface area contributed by atoms with Gasteiger partial charge in [-0.25, -0.2) is 4.98 Å². The van der Waals surface area contributed by atoms with Gasteiger partial charge in [-0.05, 0) is 63.5 Å². The predicted octanol–water partition coefficient (Wildman–Crippen LogP) is 4.07. The van der Waals surface area contributed by atoms with Crippen molar-refractivity contribution in [2.45, 2.75) is 32.6 Å². The lowest BCUT2D eigenvalue weighted by Crippen LogP contribution is -2.31. The molecule has 1 saturated heterocycles. The number of hydrogen-bond acceptors (Lipinski definition) is 5. The van der Waals surface area contributed by atoms with E-state index in [1.54, 1.807) is 24.3 Å². The average molecular weight is 362 g/mol. The van der Waals surface area contributed by atoms with Crippen LogP contribution in [0, 0.1) is 6.92 Å². The van der Waals surface area contributed by atoms with E-state index >= 15 is 0 Å². The number of aryl methyl sites for hydroxylation is 1. The molecule has 2 aromatic rings. The molecule has 0 radical (unpaired) electrons. The summed E-state index contributed by atoms with van der Waals surface area (Å²) in [5.41, 5.74) is 1.50. The summed E-state index contributed by atoms with van der Waals surface area (Å²) in [6.07, 6.45) is 4.90. The summed E-state index contributed by atoms with van der Waals surface area (Å²) in [7, 11) is 0. The molecular formula is C19H24ClN3O2. The highest BCUT2D eigenvalue weighted by atomic mass is 35.5. The van der Waals surface area contributed by atoms with Crippen molar-refractivity contribution in [2.24, 2.45) is 0 Å². The van der Waals surface area contributed by atoms with E-state index in [2.05, 4.69) is 14.9 Å². The first-order valence-electron chi connectivity index (χ1n) is 8.82. The van der Waals surface area contributed by atoms with Gasteiger partial charge in [0.2, 0.25) is 5.88 Å². The molecule has 1 aliphatic heterocycles. The van der Waals surface area contributed by atoms with Gasteiger partial charge in [-0.1, -0.05) is 18.0 Å². The van der Waals surface area contributed by atoms with Crippen LogP contribution in [0.15, 0.2) is 24.3 Å². The molecule has 0 amide bonds. The lowest BCUT2D eigenvalue weighted by atomic mass is 10.1. The number of nitrogens with zero attached hydrogens (tertiary/aromatic N) is 3. The minimum absolute atomic E-state index is 0.212. The summed E-state index contributed by atoms with van der Waals surface area (Å²) < 4.78 is 5.84. The van der Waals surface area contributed by atoms with Crippen molar-refractivity contribution in [3.8, 4) is 23.0 Å². The molecule has 3 rings (SSSR count). The van der Waals surface area contributed by atoms with Gasteiger partial charge >= 0.3 is 0 Å². The first-order chi connectivity index (χ1) is 12.1. The highest BCUT2D eigenvalue weighted by Crippen LogP contribution is 2.28. The Morgan fingerprint density at radius 2 is 1.84 bits per heavy atom. The average Bonchev–Trinajstić information content (AvgIpc) is 2.63. The molecule has 1 N–H and O–H groups in total. The van der Waals surface area contributed by atoms with Crippen molar-refractivity contribution in [1.82, 2.24) is 14.9 Å². The monoisotopic (exact) mass is 361 g/mol. The van der Waals surface area contributed by atoms with Crippen molar-refractivity contribution in [3.63, 3.8) is 0 Å². The molecule has 5 nitrogen and oxygen atoms in total. The number of aromatic nitrogens is 2. The molecular weight excluding hydrogens is 338 g/mol. The van der Waals surface area contributed by atoms with Gasteiger partial charge < -0.3 is 14.7 Å². The van der Waals surface area contributed by atoms with Crippen LogP contribution >= 0.6 is 11.6 Å². The SMILES string of the molecule is Cc1nc(-c2ccc(O)cc2)nc(OCCCN2CCCCC2)c1Cl. The molecule has 0 atom stereocenters. The number of likely N-dealkylation sites (tertiary alicyclic amines) is 1. The largest absolute Gasteiger partial charge is 0.508 e. The maximum Gasteiger partial charge on any atom is 0.236 e. The number of piperidine rings is 1. The molecule has 0 saturated carbocycles. The first-order valence-corrected chi connectivity index (χ1v) is 9.20. The van der Waals surface area contributed by atoms with E-state index in [9.17, 15) is 5.11 Å². The van der Waals surface area contributed by atoms with Crippen LogP contribution in [0.4, 0.5) is 0 Å². The second-order valence-corrected chi connectivity index (χ2v) is 6.78. The minimum Gasteiger partial charge on any atom is -0.508 e. The maximum absolute atomic E-state index is 9.42. The summed E-state index contributed by atoms with van der Waals surface area (Å²) in [4.78, 5) is 11.4. The summed E-state index contributed by atoms with van der Waals surface area (Å²) in [6, 6.07) is 6.78. The van der Waals surface area contributed by atoms with E-state index in [4.69, 9.17) is 16.3 Å². The number of phenols is 1. The molecule has 0 unspecified atom stereocenters. The molecule has 1 aromatic carbocycles. The van der Waals surface area contributed by atoms with Gasteiger partial charge in [0, 0.05) is 12.1 Å². The minimum atomic E-state index is 0.212. The molecule has 1 fully saturated rings. The third-order valence-corrected chi connectivity index (χ3v) is 4.85. The number of rotatable bonds is 6. The van der Waals surface area contributed by atoms with Gasteiger partial charge in [0.1, 0.15) is 10.8 Å². The normalized spacial score (nSPS) is 15.3. The lowest BCUT2D eigenvalue weighted by Gasteiger charge is -2.26. The fourth-order valence-electron chi connectivity index (χ4n) is 3.01. The van der Waals surface area contributed by atoms with Crippen LogP contribution in [0.5, 0.6) is 11.6 Å². The summed E-state index contributed by atoms with van der Waals surface area (Å²) in [5.74, 6) is 1.19. The Hall–Kier alpha value is -1.85. The fourth-order valence-corrected chi connectivity index (χ4v) is 3.15. The summed E-state index contributed by atoms with van der Waals surface area (Å²) >= 11 is 6.31. The Bertz CT molecular complexity index is 701. The topological polar surface area (TPSA) is 58.5 Å². The third kappa shape index (κ3) is 4.83. The standard InChI is InChI=1S/C19H24ClN3O2/c1-14-17(20)19(25-13-5-12-23-10-3-2-4-11-23)22-18(21-14)15-6-8-16(24)9-7-15/h6-9,24H,2-5,10-13H2,1H3. The Kier molecular flexibility index (Phi) is 6.10. The lowest BCUT2D eigenvalue weighted by molar-refractivity contribution is 0.203. The molecule has 1 aliphatic rings. The van der Waals surface area contributed by atoms with Crippen molar-refractivity contribution < 1.29 is 9.84 Å². The maximum atomic E-state index is 9.42. The molecule has 0 aliphatic carbocycles. The van der Waals surface area contributed by atoms with E-state index in [0.717, 1.165) is 18.5 Å². The van der Waals surface area contributed by atoms with Crippen LogP contribution in [-0.4, -0.2) is 46.2 Å². The zero-order chi connectivity index (χ0) is 17.6. The van der Waals surface area contributed by atoms with Gasteiger partial charge in [-0.2, -0.15) is 4.98 Å². The van der Waals surface area contributed by atoms with Gasteiger partial charge in [0.05, 0.1) is 12.3 Å².